The van der Waals surface area contributed by atoms with E-state index in [1.165, 1.54) is 12.3 Å². The van der Waals surface area contributed by atoms with Gasteiger partial charge in [-0.3, -0.25) is 9.78 Å². The lowest BCUT2D eigenvalue weighted by Gasteiger charge is -2.09. The van der Waals surface area contributed by atoms with Crippen LogP contribution in [0.3, 0.4) is 0 Å². The third-order valence-electron chi connectivity index (χ3n) is 2.68. The molecule has 0 radical (unpaired) electrons. The smallest absolute Gasteiger partial charge is 0.287 e. The first-order chi connectivity index (χ1) is 9.29. The maximum absolute atomic E-state index is 13.4. The van der Waals surface area contributed by atoms with E-state index >= 15 is 0 Å². The zero-order chi connectivity index (χ0) is 14.9. The van der Waals surface area contributed by atoms with E-state index in [0.29, 0.717) is 12.1 Å². The van der Waals surface area contributed by atoms with Gasteiger partial charge in [0, 0.05) is 11.8 Å². The number of ketones is 1. The zero-order valence-corrected chi connectivity index (χ0v) is 10.3. The minimum Gasteiger partial charge on any atom is -0.287 e. The van der Waals surface area contributed by atoms with Gasteiger partial charge in [-0.15, -0.1) is 0 Å². The molecule has 1 heterocycles. The third kappa shape index (κ3) is 2.84. The van der Waals surface area contributed by atoms with Crippen molar-refractivity contribution in [2.45, 2.75) is 13.1 Å². The molecule has 6 heteroatoms. The number of hydrogen-bond acceptors (Lipinski definition) is 2. The normalized spacial score (nSPS) is 11.4. The van der Waals surface area contributed by atoms with Gasteiger partial charge in [0.15, 0.2) is 0 Å². The predicted molar refractivity (Wildman–Crippen MR) is 63.8 cm³/mol. The molecule has 0 fully saturated rings. The van der Waals surface area contributed by atoms with Crippen molar-refractivity contribution in [2.24, 2.45) is 0 Å². The lowest BCUT2D eigenvalue weighted by Crippen LogP contribution is -2.10. The van der Waals surface area contributed by atoms with Gasteiger partial charge in [0.25, 0.3) is 0 Å². The molecule has 20 heavy (non-hydrogen) atoms. The first kappa shape index (κ1) is 14.2. The van der Waals surface area contributed by atoms with E-state index in [9.17, 15) is 22.4 Å². The largest absolute Gasteiger partial charge is 0.419 e. The number of pyridine rings is 1. The summed E-state index contributed by atoms with van der Waals surface area (Å²) in [5.41, 5.74) is -0.736. The fourth-order valence-corrected chi connectivity index (χ4v) is 1.69. The van der Waals surface area contributed by atoms with Crippen LogP contribution < -0.4 is 0 Å². The molecule has 1 aromatic carbocycles. The molecular weight excluding hydrogens is 274 g/mol. The van der Waals surface area contributed by atoms with Gasteiger partial charge in [-0.25, -0.2) is 4.39 Å². The van der Waals surface area contributed by atoms with Gasteiger partial charge in [-0.05, 0) is 36.8 Å². The van der Waals surface area contributed by atoms with Gasteiger partial charge in [-0.2, -0.15) is 13.2 Å². The molecule has 2 nitrogen and oxygen atoms in total. The lowest BCUT2D eigenvalue weighted by molar-refractivity contribution is -0.140. The van der Waals surface area contributed by atoms with Crippen LogP contribution in [-0.4, -0.2) is 10.8 Å². The Morgan fingerprint density at radius 2 is 1.85 bits per heavy atom. The van der Waals surface area contributed by atoms with Crippen LogP contribution in [0.4, 0.5) is 17.6 Å². The Balaban J connectivity index is 2.40. The van der Waals surface area contributed by atoms with Gasteiger partial charge >= 0.3 is 6.18 Å². The predicted octanol–water partition coefficient (Wildman–Crippen LogP) is 3.78. The molecule has 0 aliphatic carbocycles. The average molecular weight is 283 g/mol. The highest BCUT2D eigenvalue weighted by Gasteiger charge is 2.34. The van der Waals surface area contributed by atoms with Crippen LogP contribution in [0.25, 0.3) is 0 Å². The summed E-state index contributed by atoms with van der Waals surface area (Å²) >= 11 is 0. The Hall–Kier alpha value is -2.24. The molecule has 104 valence electrons. The van der Waals surface area contributed by atoms with E-state index in [0.717, 1.165) is 11.6 Å². The molecule has 0 spiro atoms. The Labute approximate surface area is 112 Å². The summed E-state index contributed by atoms with van der Waals surface area (Å²) in [6, 6.07) is 5.23. The highest BCUT2D eigenvalue weighted by molar-refractivity contribution is 6.07. The van der Waals surface area contributed by atoms with Crippen LogP contribution in [-0.2, 0) is 6.18 Å². The average Bonchev–Trinajstić information content (AvgIpc) is 2.36. The van der Waals surface area contributed by atoms with Crippen molar-refractivity contribution in [1.29, 1.82) is 0 Å². The highest BCUT2D eigenvalue weighted by Crippen LogP contribution is 2.31. The van der Waals surface area contributed by atoms with E-state index in [4.69, 9.17) is 0 Å². The molecule has 0 bridgehead atoms. The number of aryl methyl sites for hydroxylation is 1. The topological polar surface area (TPSA) is 30.0 Å². The highest BCUT2D eigenvalue weighted by atomic mass is 19.4. The van der Waals surface area contributed by atoms with Crippen LogP contribution in [0.1, 0.15) is 27.2 Å². The van der Waals surface area contributed by atoms with Gasteiger partial charge in [-0.1, -0.05) is 6.07 Å². The Bertz CT molecular complexity index is 664. The first-order valence-electron chi connectivity index (χ1n) is 5.63. The molecule has 0 saturated carbocycles. The molecule has 0 aliphatic heterocycles. The van der Waals surface area contributed by atoms with Gasteiger partial charge in [0.1, 0.15) is 11.5 Å². The summed E-state index contributed by atoms with van der Waals surface area (Å²) in [5, 5.41) is 0. The number of rotatable bonds is 2. The van der Waals surface area contributed by atoms with Crippen molar-refractivity contribution in [2.75, 3.05) is 0 Å². The van der Waals surface area contributed by atoms with Crippen molar-refractivity contribution in [3.05, 3.63) is 64.7 Å². The maximum Gasteiger partial charge on any atom is 0.419 e. The quantitative estimate of drug-likeness (QED) is 0.620. The Morgan fingerprint density at radius 1 is 1.15 bits per heavy atom. The second-order valence-electron chi connectivity index (χ2n) is 4.24. The van der Waals surface area contributed by atoms with E-state index in [1.807, 2.05) is 0 Å². The van der Waals surface area contributed by atoms with E-state index in [-0.39, 0.29) is 11.3 Å². The molecule has 0 amide bonds. The summed E-state index contributed by atoms with van der Waals surface area (Å²) < 4.78 is 50.7. The second-order valence-corrected chi connectivity index (χ2v) is 4.24. The van der Waals surface area contributed by atoms with Crippen LogP contribution in [0.2, 0.25) is 0 Å². The van der Waals surface area contributed by atoms with Gasteiger partial charge in [0.2, 0.25) is 5.78 Å². The van der Waals surface area contributed by atoms with Crippen LogP contribution in [0.15, 0.2) is 36.5 Å². The molecular formula is C14H9F4NO. The SMILES string of the molecule is Cc1ccnc(C(=O)c2ccc(C(F)(F)F)c(F)c2)c1. The molecule has 0 atom stereocenters. The van der Waals surface area contributed by atoms with Gasteiger partial charge < -0.3 is 0 Å². The number of nitrogens with zero attached hydrogens (tertiary/aromatic N) is 1. The molecule has 0 saturated heterocycles. The molecule has 0 N–H and O–H groups in total. The summed E-state index contributed by atoms with van der Waals surface area (Å²) in [4.78, 5) is 15.8. The number of aromatic nitrogens is 1. The second kappa shape index (κ2) is 5.03. The fraction of sp³-hybridized carbons (Fsp3) is 0.143. The van der Waals surface area contributed by atoms with E-state index < -0.39 is 23.3 Å². The van der Waals surface area contributed by atoms with E-state index in [2.05, 4.69) is 4.98 Å². The molecule has 2 rings (SSSR count). The standard InChI is InChI=1S/C14H9F4NO/c1-8-4-5-19-12(6-8)13(20)9-2-3-10(11(15)7-9)14(16,17)18/h2-7H,1H3. The maximum atomic E-state index is 13.4. The van der Waals surface area contributed by atoms with Crippen molar-refractivity contribution < 1.29 is 22.4 Å². The number of carbonyl (C=O) groups is 1. The number of benzene rings is 1. The third-order valence-corrected chi connectivity index (χ3v) is 2.68. The fourth-order valence-electron chi connectivity index (χ4n) is 1.69. The Morgan fingerprint density at radius 3 is 2.40 bits per heavy atom. The summed E-state index contributed by atoms with van der Waals surface area (Å²) in [7, 11) is 0. The molecule has 0 unspecified atom stereocenters. The molecule has 1 aromatic heterocycles. The monoisotopic (exact) mass is 283 g/mol. The molecule has 2 aromatic rings. The minimum atomic E-state index is -4.78. The Kier molecular flexibility index (Phi) is 3.57. The summed E-state index contributed by atoms with van der Waals surface area (Å²) in [5.74, 6) is -2.10. The van der Waals surface area contributed by atoms with Crippen LogP contribution in [0.5, 0.6) is 0 Å². The van der Waals surface area contributed by atoms with E-state index in [1.54, 1.807) is 13.0 Å². The minimum absolute atomic E-state index is 0.0594. The number of carbonyl (C=O) groups excluding carboxylic acids is 1. The van der Waals surface area contributed by atoms with Crippen molar-refractivity contribution in [3.8, 4) is 0 Å². The van der Waals surface area contributed by atoms with Crippen molar-refractivity contribution in [1.82, 2.24) is 4.98 Å². The van der Waals surface area contributed by atoms with Crippen molar-refractivity contribution >= 4 is 5.78 Å². The van der Waals surface area contributed by atoms with Crippen LogP contribution >= 0.6 is 0 Å². The number of hydrogen-bond donors (Lipinski definition) is 0. The zero-order valence-electron chi connectivity index (χ0n) is 10.3. The summed E-state index contributed by atoms with van der Waals surface area (Å²) in [6.45, 7) is 1.74. The lowest BCUT2D eigenvalue weighted by atomic mass is 10.0. The van der Waals surface area contributed by atoms with Crippen LogP contribution in [0, 0.1) is 12.7 Å². The number of alkyl halides is 3. The molecule has 0 aliphatic rings. The summed E-state index contributed by atoms with van der Waals surface area (Å²) in [6.07, 6.45) is -3.38. The first-order valence-corrected chi connectivity index (χ1v) is 5.63. The van der Waals surface area contributed by atoms with Crippen molar-refractivity contribution in [3.63, 3.8) is 0 Å². The van der Waals surface area contributed by atoms with Gasteiger partial charge in [0.05, 0.1) is 5.56 Å². The number of halogens is 4.